The summed E-state index contributed by atoms with van der Waals surface area (Å²) in [6, 6.07) is 0. The molecular formula is C16H18BrClN3O6S2Y3-3. The Hall–Kier alpha value is 1.42. The molecule has 2 aromatic rings. The molecule has 2 aromatic heterocycles. The van der Waals surface area contributed by atoms with Gasteiger partial charge in [-0.1, -0.05) is 21.6 Å². The van der Waals surface area contributed by atoms with E-state index in [0.29, 0.717) is 18.2 Å². The van der Waals surface area contributed by atoms with Crippen molar-refractivity contribution in [3.63, 3.8) is 0 Å². The zero-order valence-electron chi connectivity index (χ0n) is 17.2. The molecule has 0 spiro atoms. The van der Waals surface area contributed by atoms with Crippen LogP contribution < -0.4 is 5.73 Å². The number of alkyl halides is 2. The van der Waals surface area contributed by atoms with Gasteiger partial charge in [0.25, 0.3) is 5.97 Å². The van der Waals surface area contributed by atoms with E-state index < -0.39 is 11.8 Å². The summed E-state index contributed by atoms with van der Waals surface area (Å²) in [7, 11) is 0. The van der Waals surface area contributed by atoms with Crippen molar-refractivity contribution >= 4 is 74.3 Å². The number of rotatable bonds is 6. The van der Waals surface area contributed by atoms with Gasteiger partial charge in [-0.05, 0) is 24.9 Å². The number of carbonyl (C=O) groups excluding carboxylic acids is 4. The molecular weight excluding hydrogens is 776 g/mol. The molecule has 32 heavy (non-hydrogen) atoms. The molecule has 171 valence electrons. The Morgan fingerprint density at radius 3 is 1.91 bits per heavy atom. The fourth-order valence-corrected chi connectivity index (χ4v) is 2.43. The predicted molar refractivity (Wildman–Crippen MR) is 113 cm³/mol. The number of hydrogen-bond acceptors (Lipinski definition) is 10. The van der Waals surface area contributed by atoms with E-state index in [1.165, 1.54) is 22.7 Å². The monoisotopic (exact) mass is 793 g/mol. The first-order chi connectivity index (χ1) is 13.9. The van der Waals surface area contributed by atoms with Gasteiger partial charge in [0.1, 0.15) is 0 Å². The minimum Gasteiger partial charge on any atom is -0.543 e. The summed E-state index contributed by atoms with van der Waals surface area (Å²) >= 11 is 10.9. The van der Waals surface area contributed by atoms with Gasteiger partial charge < -0.3 is 30.0 Å². The quantitative estimate of drug-likeness (QED) is 0.155. The number of esters is 2. The van der Waals surface area contributed by atoms with Gasteiger partial charge in [-0.3, -0.25) is 32.3 Å². The molecule has 0 saturated heterocycles. The number of amides is 1. The number of carbonyl (C=O) groups is 3. The third-order valence-corrected chi connectivity index (χ3v) is 3.98. The van der Waals surface area contributed by atoms with Gasteiger partial charge in [0.15, 0.2) is 0 Å². The van der Waals surface area contributed by atoms with Crippen molar-refractivity contribution in [2.75, 3.05) is 18.5 Å². The van der Waals surface area contributed by atoms with Gasteiger partial charge >= 0.3 is 5.97 Å². The van der Waals surface area contributed by atoms with Crippen LogP contribution in [-0.2, 0) is 128 Å². The molecule has 0 unspecified atom stereocenters. The fourth-order valence-electron chi connectivity index (χ4n) is 1.02. The SMILES string of the molecule is CCOC(=O)C(=O)CBr.CCOC(=O)c1cs[c-]n1.ClCc1cs[c-]n1.N[C-]=O.[Y].[Y].[Y]. The first-order valence-corrected chi connectivity index (χ1v) is 11.0. The molecule has 0 aliphatic rings. The maximum Gasteiger partial charge on any atom is 0.375 e. The van der Waals surface area contributed by atoms with Crippen LogP contribution in [0.2, 0.25) is 0 Å². The summed E-state index contributed by atoms with van der Waals surface area (Å²) in [5.74, 6) is -1.19. The molecule has 0 saturated carbocycles. The van der Waals surface area contributed by atoms with E-state index in [9.17, 15) is 14.4 Å². The van der Waals surface area contributed by atoms with Crippen LogP contribution in [0.1, 0.15) is 30.0 Å². The second-order valence-electron chi connectivity index (χ2n) is 4.00. The fraction of sp³-hybridized carbons (Fsp3) is 0.375. The van der Waals surface area contributed by atoms with Gasteiger partial charge in [-0.25, -0.2) is 4.79 Å². The Bertz CT molecular complexity index is 701. The minimum absolute atomic E-state index is 0. The number of Topliss-reactive ketones (excluding diaryl/α,β-unsaturated/α-hetero) is 1. The predicted octanol–water partition coefficient (Wildman–Crippen LogP) is 2.32. The smallest absolute Gasteiger partial charge is 0.375 e. The van der Waals surface area contributed by atoms with Gasteiger partial charge in [0.2, 0.25) is 5.78 Å². The number of aromatic nitrogens is 2. The maximum atomic E-state index is 10.8. The normalized spacial score (nSPS) is 7.75. The van der Waals surface area contributed by atoms with Crippen LogP contribution in [0.3, 0.4) is 0 Å². The van der Waals surface area contributed by atoms with Crippen LogP contribution in [0, 0.1) is 11.0 Å². The van der Waals surface area contributed by atoms with E-state index in [-0.39, 0.29) is 116 Å². The Balaban J connectivity index is -0.000000104. The van der Waals surface area contributed by atoms with Crippen molar-refractivity contribution in [2.24, 2.45) is 5.73 Å². The average Bonchev–Trinajstić information content (AvgIpc) is 3.43. The van der Waals surface area contributed by atoms with Crippen molar-refractivity contribution in [2.45, 2.75) is 19.7 Å². The Kier molecular flexibility index (Phi) is 44.1. The molecule has 2 rings (SSSR count). The van der Waals surface area contributed by atoms with Crippen LogP contribution >= 0.6 is 50.2 Å². The van der Waals surface area contributed by atoms with E-state index in [0.717, 1.165) is 12.1 Å². The molecule has 0 bridgehead atoms. The number of hydrogen-bond donors (Lipinski definition) is 1. The summed E-state index contributed by atoms with van der Waals surface area (Å²) in [6.45, 7) is 4.04. The second kappa shape index (κ2) is 32.4. The summed E-state index contributed by atoms with van der Waals surface area (Å²) in [4.78, 5) is 47.5. The summed E-state index contributed by atoms with van der Waals surface area (Å²) in [5.41, 5.74) is 10.5. The molecule has 3 radical (unpaired) electrons. The first kappa shape index (κ1) is 43.5. The molecule has 0 aliphatic heterocycles. The Morgan fingerprint density at radius 1 is 1.09 bits per heavy atom. The molecule has 2 heterocycles. The summed E-state index contributed by atoms with van der Waals surface area (Å²) in [5, 5.41) is 3.52. The zero-order chi connectivity index (χ0) is 22.5. The number of ketones is 1. The first-order valence-electron chi connectivity index (χ1n) is 7.60. The molecule has 0 aliphatic carbocycles. The van der Waals surface area contributed by atoms with Gasteiger partial charge in [0.05, 0.1) is 18.5 Å². The number of primary amides is 1. The van der Waals surface area contributed by atoms with Crippen molar-refractivity contribution in [1.82, 2.24) is 9.97 Å². The van der Waals surface area contributed by atoms with Crippen molar-refractivity contribution in [1.29, 1.82) is 0 Å². The van der Waals surface area contributed by atoms with Gasteiger partial charge in [-0.15, -0.1) is 22.4 Å². The molecule has 16 heteroatoms. The van der Waals surface area contributed by atoms with E-state index in [1.54, 1.807) is 19.2 Å². The molecule has 0 aromatic carbocycles. The summed E-state index contributed by atoms with van der Waals surface area (Å²) < 4.78 is 9.05. The number of ether oxygens (including phenoxy) is 2. The van der Waals surface area contributed by atoms with E-state index in [2.05, 4.69) is 52.1 Å². The number of thiazole rings is 2. The van der Waals surface area contributed by atoms with Crippen LogP contribution in [0.5, 0.6) is 0 Å². The Morgan fingerprint density at radius 2 is 1.59 bits per heavy atom. The molecule has 2 N–H and O–H groups in total. The summed E-state index contributed by atoms with van der Waals surface area (Å²) in [6.07, 6.45) is 1.00. The van der Waals surface area contributed by atoms with Crippen LogP contribution in [0.25, 0.3) is 0 Å². The largest absolute Gasteiger partial charge is 0.543 e. The number of nitrogens with two attached hydrogens (primary N) is 1. The average molecular weight is 795 g/mol. The van der Waals surface area contributed by atoms with E-state index >= 15 is 0 Å². The standard InChI is InChI=1S/C6H6NO2S.C5H7BrO3.C4H3ClNS.CH2NO.3Y/c1-2-9-6(8)5-3-10-4-7-5;1-2-9-5(8)4(7)3-6;5-1-4-2-7-3-6-4;2-1-3;;;/h3H,2H2,1H3;2-3H2,1H3;2H,1H2;(H2,2,3);;;/q-1;;2*-1;;;. The topological polar surface area (TPSA) is 139 Å². The molecule has 0 fully saturated rings. The molecule has 9 nitrogen and oxygen atoms in total. The minimum atomic E-state index is -0.769. The molecule has 1 amide bonds. The number of halogens is 2. The number of nitrogens with zero attached hydrogens (tertiary/aromatic N) is 2. The Labute approximate surface area is 283 Å². The third kappa shape index (κ3) is 26.0. The van der Waals surface area contributed by atoms with Crippen LogP contribution in [-0.4, -0.2) is 52.6 Å². The zero-order valence-corrected chi connectivity index (χ0v) is 29.7. The van der Waals surface area contributed by atoms with Crippen molar-refractivity contribution < 1.29 is 127 Å². The second-order valence-corrected chi connectivity index (χ2v) is 6.14. The van der Waals surface area contributed by atoms with Crippen molar-refractivity contribution in [3.05, 3.63) is 33.2 Å². The third-order valence-electron chi connectivity index (χ3n) is 2.07. The van der Waals surface area contributed by atoms with E-state index in [4.69, 9.17) is 16.4 Å². The van der Waals surface area contributed by atoms with Gasteiger partial charge in [0, 0.05) is 110 Å². The maximum absolute atomic E-state index is 10.8. The van der Waals surface area contributed by atoms with Crippen LogP contribution in [0.4, 0.5) is 0 Å². The van der Waals surface area contributed by atoms with Crippen LogP contribution in [0.15, 0.2) is 10.8 Å². The van der Waals surface area contributed by atoms with Gasteiger partial charge in [-0.2, -0.15) is 6.41 Å². The van der Waals surface area contributed by atoms with Crippen molar-refractivity contribution in [3.8, 4) is 0 Å². The van der Waals surface area contributed by atoms with E-state index in [1.807, 2.05) is 5.38 Å². The molecule has 0 atom stereocenters.